The van der Waals surface area contributed by atoms with Crippen LogP contribution in [0.1, 0.15) is 53.4 Å². The maximum atomic E-state index is 13.0. The maximum Gasteiger partial charge on any atom is 1.00 e. The maximum absolute atomic E-state index is 13.0. The van der Waals surface area contributed by atoms with Crippen molar-refractivity contribution in [2.75, 3.05) is 24.7 Å². The number of nitrogens with zero attached hydrogens (tertiary/aromatic N) is 2. The first-order valence-electron chi connectivity index (χ1n) is 24.4. The number of carbonyl (C=O) groups excluding carboxylic acids is 5. The van der Waals surface area contributed by atoms with Crippen LogP contribution in [0.4, 0.5) is 0 Å². The zero-order chi connectivity index (χ0) is 53.8. The third-order valence-corrected chi connectivity index (χ3v) is 15.6. The van der Waals surface area contributed by atoms with Crippen molar-refractivity contribution in [3.8, 4) is 0 Å². The first-order valence-corrected chi connectivity index (χ1v) is 27.5. The third kappa shape index (κ3) is 14.4. The van der Waals surface area contributed by atoms with Gasteiger partial charge in [-0.2, -0.15) is 0 Å². The van der Waals surface area contributed by atoms with Crippen LogP contribution in [-0.2, 0) is 82.2 Å². The Hall–Kier alpha value is -4.47. The van der Waals surface area contributed by atoms with Gasteiger partial charge in [0, 0.05) is 12.1 Å². The number of aliphatic hydroxyl groups excluding tert-OH is 1. The Labute approximate surface area is 455 Å². The van der Waals surface area contributed by atoms with Crippen LogP contribution in [0.5, 0.6) is 0 Å². The zero-order valence-electron chi connectivity index (χ0n) is 41.8. The van der Waals surface area contributed by atoms with Gasteiger partial charge in [-0.25, -0.2) is 31.8 Å². The molecule has 0 aromatic carbocycles. The molecule has 27 heteroatoms. The smallest absolute Gasteiger partial charge is 0.748 e. The second-order valence-corrected chi connectivity index (χ2v) is 23.0. The second kappa shape index (κ2) is 25.3. The standard InChI is InChI=1S/C18H20O10S.C16H16O7.C7H14N2.C5H5N.C2H6O4S.Na/c19-16-9-6-10-14(15(28-16)13(9)26-10)27-18(21)12-8-2-1-7(5-8)11(12)17(20)25-3-4-29(22,23)24;17-14(18)9-5-1-2-6(3-5)10(9)16(20)22-12-8-4-7-11(21-8)13(12)23-15(7)19;1-6(2)8-5-9-7(3)4;1-2-4-6-5-3-1;3-1-2-7(4,5)6;/h1-2,7-15H,3-6H2,(H,22,23,24);1-2,5-13H,3-4H2,(H,17,18);6-7H,1-4H3;1-5H;3H,1-2H2,(H,4,5,6);/q;;;;;+1/p-1. The number of nitrogens with one attached hydrogen (secondary N) is 1. The number of hydrogen-bond acceptors (Lipinski definition) is 22. The molecule has 3 N–H and O–H groups in total. The summed E-state index contributed by atoms with van der Waals surface area (Å²) in [7, 11) is -8.68. The van der Waals surface area contributed by atoms with E-state index in [2.05, 4.69) is 21.0 Å². The summed E-state index contributed by atoms with van der Waals surface area (Å²) in [5.41, 5.74) is 0. The number of carboxylic acids is 1. The molecule has 406 valence electrons. The van der Waals surface area contributed by atoms with Gasteiger partial charge in [-0.05, 0) is 77.0 Å². The van der Waals surface area contributed by atoms with Gasteiger partial charge in [0.05, 0.1) is 104 Å². The minimum absolute atomic E-state index is 0. The van der Waals surface area contributed by atoms with E-state index in [9.17, 15) is 59.8 Å². The zero-order valence-corrected chi connectivity index (χ0v) is 45.4. The fourth-order valence-electron chi connectivity index (χ4n) is 11.2. The van der Waals surface area contributed by atoms with Gasteiger partial charge in [0.1, 0.15) is 18.8 Å². The monoisotopic (exact) mass is 1100 g/mol. The molecule has 0 spiro atoms. The van der Waals surface area contributed by atoms with Crippen LogP contribution in [0.3, 0.4) is 0 Å². The molecule has 1 aromatic heterocycles. The van der Waals surface area contributed by atoms with Crippen LogP contribution in [0.15, 0.2) is 64.9 Å². The SMILES string of the molecule is CC(C)N=C=NC(C)C.O=C1OC2C(OC(=O)C3C4C=CC(C4)C3C(=O)O)C3CC1C2O3.O=C1OC2C(OC(=O)C3C4C=CC(C4)C3C(=O)OCCS(=O)(=O)[O-])C3CC1C2O3.O=S(=O)([O-])CCO.[Na+].c1cc[nH+]cc1. The average Bonchev–Trinajstić information content (AvgIpc) is 4.20. The summed E-state index contributed by atoms with van der Waals surface area (Å²) in [5, 5.41) is 17.2. The van der Waals surface area contributed by atoms with E-state index < -0.39 is 123 Å². The molecule has 10 aliphatic rings. The van der Waals surface area contributed by atoms with E-state index >= 15 is 0 Å². The van der Waals surface area contributed by atoms with Crippen LogP contribution in [0.25, 0.3) is 0 Å². The average molecular weight is 1100 g/mol. The number of carbonyl (C=O) groups is 6. The molecule has 0 amide bonds. The number of rotatable bonds is 13. The Kier molecular flexibility index (Phi) is 20.2. The number of pyridine rings is 1. The predicted molar refractivity (Wildman–Crippen MR) is 246 cm³/mol. The fourth-order valence-corrected chi connectivity index (χ4v) is 11.7. The van der Waals surface area contributed by atoms with Crippen LogP contribution in [-0.4, -0.2) is 164 Å². The first-order chi connectivity index (χ1) is 35.0. The topological polar surface area (TPSA) is 361 Å². The Morgan fingerprint density at radius 2 is 1.08 bits per heavy atom. The summed E-state index contributed by atoms with van der Waals surface area (Å²) in [6, 6.07) is 9.12. The third-order valence-electron chi connectivity index (χ3n) is 14.3. The van der Waals surface area contributed by atoms with Gasteiger partial charge in [-0.3, -0.25) is 28.8 Å². The van der Waals surface area contributed by atoms with E-state index in [-0.39, 0.29) is 95.3 Å². The van der Waals surface area contributed by atoms with Gasteiger partial charge in [0.15, 0.2) is 36.8 Å². The van der Waals surface area contributed by atoms with Gasteiger partial charge < -0.3 is 52.5 Å². The summed E-state index contributed by atoms with van der Waals surface area (Å²) >= 11 is 0. The van der Waals surface area contributed by atoms with Crippen molar-refractivity contribution in [2.45, 2.75) is 114 Å². The molecule has 0 radical (unpaired) electrons. The summed E-state index contributed by atoms with van der Waals surface area (Å²) in [6.07, 6.45) is 9.63. The van der Waals surface area contributed by atoms with Crippen LogP contribution in [0, 0.1) is 59.2 Å². The summed E-state index contributed by atoms with van der Waals surface area (Å²) < 4.78 is 98.9. The van der Waals surface area contributed by atoms with Gasteiger partial charge in [0.25, 0.3) is 0 Å². The number of allylic oxidation sites excluding steroid dienone is 4. The minimum atomic E-state index is -4.50. The molecule has 4 aliphatic carbocycles. The molecule has 18 atom stereocenters. The molecule has 8 bridgehead atoms. The summed E-state index contributed by atoms with van der Waals surface area (Å²) in [6.45, 7) is 6.87. The van der Waals surface area contributed by atoms with Crippen molar-refractivity contribution >= 4 is 62.1 Å². The predicted octanol–water partition coefficient (Wildman–Crippen LogP) is -2.72. The number of H-pyrrole nitrogens is 1. The van der Waals surface area contributed by atoms with E-state index in [1.165, 1.54) is 0 Å². The van der Waals surface area contributed by atoms with E-state index in [1.54, 1.807) is 0 Å². The molecule has 11 rings (SSSR count). The summed E-state index contributed by atoms with van der Waals surface area (Å²) in [4.78, 5) is 83.9. The molecule has 24 nitrogen and oxygen atoms in total. The van der Waals surface area contributed by atoms with E-state index in [0.717, 1.165) is 0 Å². The number of aliphatic imine (C=N–C) groups is 2. The first kappa shape index (κ1) is 59.8. The molecule has 75 heavy (non-hydrogen) atoms. The molecule has 18 unspecified atom stereocenters. The molecular formula is C48H60N3NaO21S2. The molecule has 8 fully saturated rings. The number of aliphatic hydroxyl groups is 1. The minimum Gasteiger partial charge on any atom is -0.748 e. The largest absolute Gasteiger partial charge is 1.00 e. The summed E-state index contributed by atoms with van der Waals surface area (Å²) in [5.74, 6) is -8.95. The Bertz CT molecular complexity index is 2570. The molecule has 6 aliphatic heterocycles. The molecule has 6 saturated heterocycles. The number of aromatic nitrogens is 1. The van der Waals surface area contributed by atoms with Crippen molar-refractivity contribution in [1.82, 2.24) is 0 Å². The Morgan fingerprint density at radius 1 is 0.667 bits per heavy atom. The van der Waals surface area contributed by atoms with E-state index in [1.807, 2.05) is 82.6 Å². The van der Waals surface area contributed by atoms with Crippen molar-refractivity contribution < 1.29 is 133 Å². The van der Waals surface area contributed by atoms with Crippen molar-refractivity contribution in [2.24, 2.45) is 69.2 Å². The Balaban J connectivity index is 0.000000175. The number of hydrogen-bond donors (Lipinski definition) is 2. The van der Waals surface area contributed by atoms with Crippen LogP contribution in [0.2, 0.25) is 0 Å². The number of ether oxygens (including phenoxy) is 7. The Morgan fingerprint density at radius 3 is 1.43 bits per heavy atom. The van der Waals surface area contributed by atoms with Gasteiger partial charge in [-0.15, -0.1) is 0 Å². The van der Waals surface area contributed by atoms with E-state index in [4.69, 9.17) is 38.3 Å². The van der Waals surface area contributed by atoms with Gasteiger partial charge in [-0.1, -0.05) is 30.4 Å². The van der Waals surface area contributed by atoms with Gasteiger partial charge >= 0.3 is 65.4 Å². The van der Waals surface area contributed by atoms with E-state index in [0.29, 0.717) is 37.8 Å². The van der Waals surface area contributed by atoms with Crippen LogP contribution < -0.4 is 34.5 Å². The van der Waals surface area contributed by atoms with Gasteiger partial charge in [0.2, 0.25) is 0 Å². The quantitative estimate of drug-likeness (QED) is 0.0506. The molecule has 7 heterocycles. The van der Waals surface area contributed by atoms with Crippen molar-refractivity contribution in [3.05, 3.63) is 54.9 Å². The number of esters is 5. The van der Waals surface area contributed by atoms with Crippen LogP contribution >= 0.6 is 0 Å². The number of aliphatic carboxylic acids is 1. The fraction of sp³-hybridized carbons (Fsp3) is 0.667. The molecule has 1 aromatic rings. The van der Waals surface area contributed by atoms with Crippen molar-refractivity contribution in [1.29, 1.82) is 0 Å². The normalized spacial score (nSPS) is 35.5. The number of aromatic amines is 1. The second-order valence-electron chi connectivity index (χ2n) is 19.9. The number of carboxylic acid groups (broad SMARTS) is 1. The molecular weight excluding hydrogens is 1040 g/mol. The number of fused-ring (bicyclic) bond motifs is 6. The molecule has 2 saturated carbocycles. The van der Waals surface area contributed by atoms with Crippen molar-refractivity contribution in [3.63, 3.8) is 0 Å².